The molecule has 0 saturated heterocycles. The third kappa shape index (κ3) is 2.70. The molecule has 0 bridgehead atoms. The third-order valence-corrected chi connectivity index (χ3v) is 2.17. The summed E-state index contributed by atoms with van der Waals surface area (Å²) in [5, 5.41) is 10.2. The molecule has 0 aromatic heterocycles. The molecule has 0 radical (unpaired) electrons. The number of aliphatic hydroxyl groups excluding tert-OH is 1. The van der Waals surface area contributed by atoms with E-state index < -0.39 is 6.10 Å². The summed E-state index contributed by atoms with van der Waals surface area (Å²) < 4.78 is 0. The van der Waals surface area contributed by atoms with Crippen molar-refractivity contribution in [2.45, 2.75) is 12.5 Å². The van der Waals surface area contributed by atoms with Gasteiger partial charge in [-0.2, -0.15) is 12.6 Å². The molecule has 0 heterocycles. The summed E-state index contributed by atoms with van der Waals surface area (Å²) in [5.74, 6) is 0.684. The van der Waals surface area contributed by atoms with E-state index in [4.69, 9.17) is 11.6 Å². The second kappa shape index (κ2) is 4.75. The van der Waals surface area contributed by atoms with Crippen LogP contribution in [0.15, 0.2) is 24.3 Å². The molecule has 1 rings (SSSR count). The van der Waals surface area contributed by atoms with Gasteiger partial charge in [-0.3, -0.25) is 0 Å². The summed E-state index contributed by atoms with van der Waals surface area (Å²) in [6.45, 7) is 0. The molecule has 0 saturated carbocycles. The van der Waals surface area contributed by atoms with Gasteiger partial charge in [-0.05, 0) is 29.9 Å². The largest absolute Gasteiger partial charge is 0.388 e. The zero-order valence-corrected chi connectivity index (χ0v) is 8.22. The molecule has 0 spiro atoms. The standard InChI is InChI=1S/C9H11ClOS/c10-8-3-1-7(2-4-8)9(11)5-6-12/h1-4,9,11-12H,5-6H2/t9-/m0/s1. The lowest BCUT2D eigenvalue weighted by Crippen LogP contribution is -1.97. The van der Waals surface area contributed by atoms with E-state index in [1.165, 1.54) is 0 Å². The van der Waals surface area contributed by atoms with Gasteiger partial charge < -0.3 is 5.11 Å². The number of thiol groups is 1. The predicted molar refractivity (Wildman–Crippen MR) is 54.9 cm³/mol. The normalized spacial score (nSPS) is 12.9. The molecular formula is C9H11ClOS. The van der Waals surface area contributed by atoms with Gasteiger partial charge in [-0.1, -0.05) is 23.7 Å². The van der Waals surface area contributed by atoms with Crippen LogP contribution in [0, 0.1) is 0 Å². The minimum Gasteiger partial charge on any atom is -0.388 e. The van der Waals surface area contributed by atoms with E-state index in [1.807, 2.05) is 12.1 Å². The average molecular weight is 203 g/mol. The first-order chi connectivity index (χ1) is 5.74. The highest BCUT2D eigenvalue weighted by atomic mass is 35.5. The number of hydrogen-bond acceptors (Lipinski definition) is 2. The number of halogens is 1. The topological polar surface area (TPSA) is 20.2 Å². The Labute approximate surface area is 82.8 Å². The highest BCUT2D eigenvalue weighted by Gasteiger charge is 2.04. The van der Waals surface area contributed by atoms with Crippen molar-refractivity contribution < 1.29 is 5.11 Å². The smallest absolute Gasteiger partial charge is 0.0797 e. The summed E-state index contributed by atoms with van der Waals surface area (Å²) in [4.78, 5) is 0. The van der Waals surface area contributed by atoms with E-state index >= 15 is 0 Å². The molecule has 0 unspecified atom stereocenters. The van der Waals surface area contributed by atoms with Gasteiger partial charge in [-0.25, -0.2) is 0 Å². The monoisotopic (exact) mass is 202 g/mol. The molecule has 0 fully saturated rings. The first-order valence-electron chi connectivity index (χ1n) is 3.78. The van der Waals surface area contributed by atoms with Gasteiger partial charge in [0.1, 0.15) is 0 Å². The van der Waals surface area contributed by atoms with E-state index in [2.05, 4.69) is 12.6 Å². The Morgan fingerprint density at radius 1 is 1.33 bits per heavy atom. The van der Waals surface area contributed by atoms with Gasteiger partial charge in [0.2, 0.25) is 0 Å². The third-order valence-electron chi connectivity index (χ3n) is 1.66. The number of rotatable bonds is 3. The van der Waals surface area contributed by atoms with Crippen LogP contribution >= 0.6 is 24.2 Å². The Bertz CT molecular complexity index is 235. The minimum absolute atomic E-state index is 0.417. The summed E-state index contributed by atoms with van der Waals surface area (Å²) in [7, 11) is 0. The number of hydrogen-bond donors (Lipinski definition) is 2. The highest BCUT2D eigenvalue weighted by Crippen LogP contribution is 2.18. The van der Waals surface area contributed by atoms with Crippen molar-refractivity contribution in [1.29, 1.82) is 0 Å². The molecule has 3 heteroatoms. The van der Waals surface area contributed by atoms with Crippen molar-refractivity contribution >= 4 is 24.2 Å². The SMILES string of the molecule is O[C@@H](CCS)c1ccc(Cl)cc1. The lowest BCUT2D eigenvalue weighted by atomic mass is 10.1. The van der Waals surface area contributed by atoms with Crippen molar-refractivity contribution in [3.8, 4) is 0 Å². The van der Waals surface area contributed by atoms with Crippen LogP contribution in [-0.4, -0.2) is 10.9 Å². The molecule has 0 aliphatic heterocycles. The Morgan fingerprint density at radius 2 is 1.92 bits per heavy atom. The van der Waals surface area contributed by atoms with Crippen LogP contribution in [0.1, 0.15) is 18.1 Å². The second-order valence-corrected chi connectivity index (χ2v) is 3.46. The van der Waals surface area contributed by atoms with Crippen LogP contribution in [0.4, 0.5) is 0 Å². The van der Waals surface area contributed by atoms with Crippen LogP contribution < -0.4 is 0 Å². The average Bonchev–Trinajstić information content (AvgIpc) is 2.06. The Hall–Kier alpha value is -0.180. The van der Waals surface area contributed by atoms with Crippen molar-refractivity contribution in [2.24, 2.45) is 0 Å². The molecule has 66 valence electrons. The summed E-state index contributed by atoms with van der Waals surface area (Å²) in [6, 6.07) is 7.21. The lowest BCUT2D eigenvalue weighted by Gasteiger charge is -2.08. The van der Waals surface area contributed by atoms with E-state index in [-0.39, 0.29) is 0 Å². The Morgan fingerprint density at radius 3 is 2.42 bits per heavy atom. The maximum absolute atomic E-state index is 9.52. The molecule has 1 atom stereocenters. The van der Waals surface area contributed by atoms with E-state index in [9.17, 15) is 5.11 Å². The van der Waals surface area contributed by atoms with Gasteiger partial charge in [-0.15, -0.1) is 0 Å². The molecule has 1 nitrogen and oxygen atoms in total. The summed E-state index contributed by atoms with van der Waals surface area (Å²) >= 11 is 9.74. The molecule has 1 N–H and O–H groups in total. The van der Waals surface area contributed by atoms with Crippen LogP contribution in [0.2, 0.25) is 5.02 Å². The van der Waals surface area contributed by atoms with Crippen molar-refractivity contribution in [1.82, 2.24) is 0 Å². The summed E-state index contributed by atoms with van der Waals surface area (Å²) in [6.07, 6.45) is 0.254. The van der Waals surface area contributed by atoms with Crippen LogP contribution in [-0.2, 0) is 0 Å². The van der Waals surface area contributed by atoms with Gasteiger partial charge in [0.25, 0.3) is 0 Å². The van der Waals surface area contributed by atoms with Crippen LogP contribution in [0.5, 0.6) is 0 Å². The quantitative estimate of drug-likeness (QED) is 0.723. The molecule has 0 amide bonds. The molecule has 0 aliphatic carbocycles. The fourth-order valence-corrected chi connectivity index (χ4v) is 1.34. The number of benzene rings is 1. The first-order valence-corrected chi connectivity index (χ1v) is 4.79. The van der Waals surface area contributed by atoms with Crippen molar-refractivity contribution in [3.05, 3.63) is 34.9 Å². The highest BCUT2D eigenvalue weighted by molar-refractivity contribution is 7.80. The molecule has 0 aliphatic rings. The lowest BCUT2D eigenvalue weighted by molar-refractivity contribution is 0.175. The van der Waals surface area contributed by atoms with E-state index in [0.29, 0.717) is 17.2 Å². The van der Waals surface area contributed by atoms with Gasteiger partial charge >= 0.3 is 0 Å². The summed E-state index contributed by atoms with van der Waals surface area (Å²) in [5.41, 5.74) is 0.897. The van der Waals surface area contributed by atoms with Gasteiger partial charge in [0, 0.05) is 5.02 Å². The molecule has 1 aromatic rings. The van der Waals surface area contributed by atoms with E-state index in [0.717, 1.165) is 5.56 Å². The zero-order valence-electron chi connectivity index (χ0n) is 6.57. The minimum atomic E-state index is -0.417. The second-order valence-electron chi connectivity index (χ2n) is 2.58. The predicted octanol–water partition coefficient (Wildman–Crippen LogP) is 2.69. The molecule has 12 heavy (non-hydrogen) atoms. The zero-order chi connectivity index (χ0) is 8.97. The number of aliphatic hydroxyl groups is 1. The van der Waals surface area contributed by atoms with Gasteiger partial charge in [0.05, 0.1) is 6.10 Å². The van der Waals surface area contributed by atoms with Crippen molar-refractivity contribution in [2.75, 3.05) is 5.75 Å². The molecule has 1 aromatic carbocycles. The molecular weight excluding hydrogens is 192 g/mol. The van der Waals surface area contributed by atoms with Crippen molar-refractivity contribution in [3.63, 3.8) is 0 Å². The maximum atomic E-state index is 9.52. The van der Waals surface area contributed by atoms with Crippen LogP contribution in [0.25, 0.3) is 0 Å². The van der Waals surface area contributed by atoms with Gasteiger partial charge in [0.15, 0.2) is 0 Å². The van der Waals surface area contributed by atoms with E-state index in [1.54, 1.807) is 12.1 Å². The first kappa shape index (κ1) is 9.90. The Kier molecular flexibility index (Phi) is 3.92. The fourth-order valence-electron chi connectivity index (χ4n) is 0.974. The fraction of sp³-hybridized carbons (Fsp3) is 0.333. The Balaban J connectivity index is 2.68. The maximum Gasteiger partial charge on any atom is 0.0797 e. The van der Waals surface area contributed by atoms with Crippen LogP contribution in [0.3, 0.4) is 0 Å².